The molecule has 0 unspecified atom stereocenters. The molecule has 4 atom stereocenters. The molecule has 1 aliphatic rings. The lowest BCUT2D eigenvalue weighted by Gasteiger charge is -2.35. The summed E-state index contributed by atoms with van der Waals surface area (Å²) in [6.07, 6.45) is 5.19. The van der Waals surface area contributed by atoms with Gasteiger partial charge in [0, 0.05) is 18.2 Å². The number of amides is 1. The van der Waals surface area contributed by atoms with Gasteiger partial charge in [0.25, 0.3) is 0 Å². The molecular weight excluding hydrogens is 387 g/mol. The first-order chi connectivity index (χ1) is 13.9. The first kappa shape index (κ1) is 21.6. The number of rotatable bonds is 7. The smallest absolute Gasteiger partial charge is 0.233 e. The van der Waals surface area contributed by atoms with Crippen LogP contribution in [0.1, 0.15) is 40.0 Å². The fourth-order valence-corrected chi connectivity index (χ4v) is 4.65. The number of nitrogens with zero attached hydrogens (tertiary/aromatic N) is 3. The average Bonchev–Trinajstić information content (AvgIpc) is 3.08. The zero-order chi connectivity index (χ0) is 21.0. The average molecular weight is 417 g/mol. The summed E-state index contributed by atoms with van der Waals surface area (Å²) in [7, 11) is 0. The maximum atomic E-state index is 13.3. The molecule has 2 aromatic rings. The Labute approximate surface area is 176 Å². The molecule has 1 amide bonds. The van der Waals surface area contributed by atoms with E-state index < -0.39 is 0 Å². The fraction of sp³-hybridized carbons (Fsp3) is 0.500. The first-order valence-corrected chi connectivity index (χ1v) is 11.1. The highest BCUT2D eigenvalue weighted by Gasteiger charge is 2.30. The van der Waals surface area contributed by atoms with E-state index in [9.17, 15) is 9.18 Å². The van der Waals surface area contributed by atoms with Crippen LogP contribution in [0.4, 0.5) is 4.39 Å². The number of nitrogens with one attached hydrogen (secondary N) is 1. The predicted octanol–water partition coefficient (Wildman–Crippen LogP) is 4.69. The number of halogens is 1. The fourth-order valence-electron chi connectivity index (χ4n) is 3.78. The molecule has 1 aromatic heterocycles. The molecule has 1 heterocycles. The SMILES string of the molecule is C=CCn1c(S[C@H](C)C(=O)N[C@@H]2CCC[C@H](C)[C@H]2C)nnc1-c1ccc(F)cc1. The van der Waals surface area contributed by atoms with Crippen LogP contribution in [0, 0.1) is 17.7 Å². The van der Waals surface area contributed by atoms with Gasteiger partial charge in [-0.05, 0) is 49.4 Å². The van der Waals surface area contributed by atoms with Crippen LogP contribution in [0.25, 0.3) is 11.4 Å². The minimum Gasteiger partial charge on any atom is -0.352 e. The topological polar surface area (TPSA) is 59.8 Å². The summed E-state index contributed by atoms with van der Waals surface area (Å²) in [6, 6.07) is 6.38. The van der Waals surface area contributed by atoms with Gasteiger partial charge >= 0.3 is 0 Å². The van der Waals surface area contributed by atoms with Crippen LogP contribution in [-0.4, -0.2) is 32.0 Å². The molecule has 1 N–H and O–H groups in total. The Bertz CT molecular complexity index is 851. The summed E-state index contributed by atoms with van der Waals surface area (Å²) in [5.74, 6) is 1.48. The minimum absolute atomic E-state index is 0.0254. The third-order valence-corrected chi connectivity index (χ3v) is 6.90. The largest absolute Gasteiger partial charge is 0.352 e. The molecule has 0 saturated heterocycles. The Morgan fingerprint density at radius 3 is 2.76 bits per heavy atom. The highest BCUT2D eigenvalue weighted by atomic mass is 32.2. The number of carbonyl (C=O) groups excluding carboxylic acids is 1. The van der Waals surface area contributed by atoms with E-state index in [2.05, 4.69) is 35.9 Å². The van der Waals surface area contributed by atoms with Crippen LogP contribution >= 0.6 is 11.8 Å². The monoisotopic (exact) mass is 416 g/mol. The van der Waals surface area contributed by atoms with Crippen molar-refractivity contribution in [3.63, 3.8) is 0 Å². The van der Waals surface area contributed by atoms with Crippen molar-refractivity contribution < 1.29 is 9.18 Å². The second kappa shape index (κ2) is 9.57. The van der Waals surface area contributed by atoms with Gasteiger partial charge in [-0.1, -0.05) is 44.5 Å². The number of aromatic nitrogens is 3. The van der Waals surface area contributed by atoms with Crippen molar-refractivity contribution in [3.8, 4) is 11.4 Å². The number of benzene rings is 1. The molecule has 156 valence electrons. The van der Waals surface area contributed by atoms with E-state index in [1.807, 2.05) is 11.5 Å². The number of carbonyl (C=O) groups is 1. The van der Waals surface area contributed by atoms with Crippen molar-refractivity contribution in [2.75, 3.05) is 0 Å². The zero-order valence-corrected chi connectivity index (χ0v) is 18.1. The van der Waals surface area contributed by atoms with Crippen molar-refractivity contribution in [3.05, 3.63) is 42.7 Å². The van der Waals surface area contributed by atoms with Crippen molar-refractivity contribution in [2.45, 2.75) is 63.0 Å². The Kier molecular flexibility index (Phi) is 7.11. The van der Waals surface area contributed by atoms with Crippen molar-refractivity contribution >= 4 is 17.7 Å². The van der Waals surface area contributed by atoms with E-state index in [-0.39, 0.29) is 23.0 Å². The van der Waals surface area contributed by atoms with Crippen molar-refractivity contribution in [1.29, 1.82) is 0 Å². The van der Waals surface area contributed by atoms with Gasteiger partial charge in [-0.25, -0.2) is 4.39 Å². The number of hydrogen-bond donors (Lipinski definition) is 1. The molecule has 7 heteroatoms. The maximum Gasteiger partial charge on any atom is 0.233 e. The molecule has 1 saturated carbocycles. The van der Waals surface area contributed by atoms with Gasteiger partial charge in [0.05, 0.1) is 5.25 Å². The van der Waals surface area contributed by atoms with Crippen molar-refractivity contribution in [2.24, 2.45) is 11.8 Å². The lowest BCUT2D eigenvalue weighted by atomic mass is 9.78. The Balaban J connectivity index is 1.72. The third kappa shape index (κ3) is 5.07. The van der Waals surface area contributed by atoms with Crippen LogP contribution in [0.2, 0.25) is 0 Å². The van der Waals surface area contributed by atoms with E-state index >= 15 is 0 Å². The van der Waals surface area contributed by atoms with E-state index in [0.29, 0.717) is 29.4 Å². The van der Waals surface area contributed by atoms with E-state index in [0.717, 1.165) is 18.4 Å². The zero-order valence-electron chi connectivity index (χ0n) is 17.3. The summed E-state index contributed by atoms with van der Waals surface area (Å²) in [6.45, 7) is 10.7. The Morgan fingerprint density at radius 2 is 2.07 bits per heavy atom. The van der Waals surface area contributed by atoms with Gasteiger partial charge in [-0.15, -0.1) is 16.8 Å². The van der Waals surface area contributed by atoms with Gasteiger partial charge in [0.15, 0.2) is 11.0 Å². The first-order valence-electron chi connectivity index (χ1n) is 10.2. The van der Waals surface area contributed by atoms with Crippen LogP contribution in [0.5, 0.6) is 0 Å². The molecule has 1 fully saturated rings. The third-order valence-electron chi connectivity index (χ3n) is 5.82. The van der Waals surface area contributed by atoms with Gasteiger partial charge in [0.2, 0.25) is 5.91 Å². The normalized spacial score (nSPS) is 22.8. The Morgan fingerprint density at radius 1 is 1.34 bits per heavy atom. The Hall–Kier alpha value is -2.15. The lowest BCUT2D eigenvalue weighted by Crippen LogP contribution is -2.46. The molecule has 0 aliphatic heterocycles. The summed E-state index contributed by atoms with van der Waals surface area (Å²) in [4.78, 5) is 12.8. The van der Waals surface area contributed by atoms with Crippen LogP contribution in [0.3, 0.4) is 0 Å². The van der Waals surface area contributed by atoms with E-state index in [4.69, 9.17) is 0 Å². The van der Waals surface area contributed by atoms with Crippen LogP contribution in [-0.2, 0) is 11.3 Å². The van der Waals surface area contributed by atoms with Gasteiger partial charge in [-0.3, -0.25) is 9.36 Å². The summed E-state index contributed by atoms with van der Waals surface area (Å²) >= 11 is 1.38. The molecular formula is C22H29FN4OS. The molecule has 0 spiro atoms. The van der Waals surface area contributed by atoms with Gasteiger partial charge in [-0.2, -0.15) is 0 Å². The summed E-state index contributed by atoms with van der Waals surface area (Å²) in [5.41, 5.74) is 0.773. The molecule has 1 aromatic carbocycles. The van der Waals surface area contributed by atoms with Gasteiger partial charge < -0.3 is 5.32 Å². The minimum atomic E-state index is -0.298. The maximum absolute atomic E-state index is 13.3. The quantitative estimate of drug-likeness (QED) is 0.525. The molecule has 0 radical (unpaired) electrons. The number of hydrogen-bond acceptors (Lipinski definition) is 4. The standard InChI is InChI=1S/C22H29FN4OS/c1-5-13-27-20(17-9-11-18(23)12-10-17)25-26-22(27)29-16(4)21(28)24-19-8-6-7-14(2)15(19)3/h5,9-12,14-16,19H,1,6-8,13H2,2-4H3,(H,24,28)/t14-,15+,16+,19+/m0/s1. The highest BCUT2D eigenvalue weighted by molar-refractivity contribution is 8.00. The van der Waals surface area contributed by atoms with Crippen molar-refractivity contribution in [1.82, 2.24) is 20.1 Å². The number of allylic oxidation sites excluding steroid dienone is 1. The van der Waals surface area contributed by atoms with E-state index in [1.165, 1.54) is 30.3 Å². The summed E-state index contributed by atoms with van der Waals surface area (Å²) < 4.78 is 15.2. The summed E-state index contributed by atoms with van der Waals surface area (Å²) in [5, 5.41) is 12.1. The molecule has 29 heavy (non-hydrogen) atoms. The molecule has 0 bridgehead atoms. The lowest BCUT2D eigenvalue weighted by molar-refractivity contribution is -0.121. The highest BCUT2D eigenvalue weighted by Crippen LogP contribution is 2.31. The molecule has 5 nitrogen and oxygen atoms in total. The number of thioether (sulfide) groups is 1. The molecule has 3 rings (SSSR count). The van der Waals surface area contributed by atoms with Crippen LogP contribution < -0.4 is 5.32 Å². The second-order valence-electron chi connectivity index (χ2n) is 7.85. The predicted molar refractivity (Wildman–Crippen MR) is 115 cm³/mol. The second-order valence-corrected chi connectivity index (χ2v) is 9.16. The van der Waals surface area contributed by atoms with E-state index in [1.54, 1.807) is 18.2 Å². The molecule has 1 aliphatic carbocycles. The van der Waals surface area contributed by atoms with Gasteiger partial charge in [0.1, 0.15) is 5.82 Å². The van der Waals surface area contributed by atoms with Crippen LogP contribution in [0.15, 0.2) is 42.1 Å².